The molecule has 1 atom stereocenters. The fourth-order valence-electron chi connectivity index (χ4n) is 3.30. The Hall–Kier alpha value is -3.31. The van der Waals surface area contributed by atoms with Crippen LogP contribution in [0, 0.1) is 0 Å². The number of imidazole rings is 1. The van der Waals surface area contributed by atoms with Gasteiger partial charge in [-0.1, -0.05) is 5.21 Å². The molecule has 1 fully saturated rings. The van der Waals surface area contributed by atoms with Gasteiger partial charge in [-0.2, -0.15) is 0 Å². The van der Waals surface area contributed by atoms with Gasteiger partial charge in [0, 0.05) is 22.7 Å². The van der Waals surface area contributed by atoms with Crippen molar-refractivity contribution in [3.05, 3.63) is 47.1 Å². The molecule has 1 aliphatic carbocycles. The third-order valence-electron chi connectivity index (χ3n) is 4.96. The standard InChI is InChI=1S/C19H18N6O4S/c1-28-14(26)8-29-12-5-4-11(6-21-12)15-16(23-24-22-15)18(27)17-19(10-2-3-10)30-13-7-20-9-25(13)17/h4-7,9-10,18,27H,2-3,8H2,1H3,(H,22,23,24). The molecule has 0 bridgehead atoms. The molecular weight excluding hydrogens is 408 g/mol. The van der Waals surface area contributed by atoms with Crippen LogP contribution >= 0.6 is 11.3 Å². The Morgan fingerprint density at radius 3 is 3.00 bits per heavy atom. The zero-order valence-corrected chi connectivity index (χ0v) is 16.8. The maximum Gasteiger partial charge on any atom is 0.343 e. The molecule has 11 heteroatoms. The van der Waals surface area contributed by atoms with Crippen LogP contribution in [0.1, 0.15) is 41.1 Å². The minimum absolute atomic E-state index is 0.221. The van der Waals surface area contributed by atoms with Crippen LogP contribution in [0.15, 0.2) is 30.9 Å². The number of aromatic amines is 1. The van der Waals surface area contributed by atoms with E-state index in [2.05, 4.69) is 30.1 Å². The minimum Gasteiger partial charge on any atom is -0.466 e. The first-order valence-corrected chi connectivity index (χ1v) is 10.2. The second-order valence-corrected chi connectivity index (χ2v) is 8.01. The number of fused-ring (bicyclic) bond motifs is 1. The van der Waals surface area contributed by atoms with Crippen LogP contribution in [0.4, 0.5) is 0 Å². The third kappa shape index (κ3) is 3.31. The summed E-state index contributed by atoms with van der Waals surface area (Å²) in [7, 11) is 1.29. The summed E-state index contributed by atoms with van der Waals surface area (Å²) < 4.78 is 11.7. The SMILES string of the molecule is COC(=O)COc1ccc(-c2[nH]nnc2C(O)c2c(C3CC3)sc3cncn23)cn1. The van der Waals surface area contributed by atoms with Crippen molar-refractivity contribution < 1.29 is 19.4 Å². The number of esters is 1. The van der Waals surface area contributed by atoms with Crippen LogP contribution in [0.2, 0.25) is 0 Å². The largest absolute Gasteiger partial charge is 0.466 e. The number of aliphatic hydroxyl groups is 1. The van der Waals surface area contributed by atoms with Crippen LogP contribution < -0.4 is 4.74 Å². The summed E-state index contributed by atoms with van der Waals surface area (Å²) in [5.41, 5.74) is 2.45. The maximum atomic E-state index is 11.3. The number of pyridine rings is 1. The van der Waals surface area contributed by atoms with Gasteiger partial charge in [-0.15, -0.1) is 16.4 Å². The van der Waals surface area contributed by atoms with Gasteiger partial charge in [0.25, 0.3) is 0 Å². The van der Waals surface area contributed by atoms with E-state index >= 15 is 0 Å². The highest BCUT2D eigenvalue weighted by atomic mass is 32.1. The smallest absolute Gasteiger partial charge is 0.343 e. The molecule has 2 N–H and O–H groups in total. The first kappa shape index (κ1) is 18.7. The Kier molecular flexibility index (Phi) is 4.68. The number of hydrogen-bond donors (Lipinski definition) is 2. The number of thiazole rings is 1. The number of rotatable bonds is 7. The molecule has 0 aliphatic heterocycles. The van der Waals surface area contributed by atoms with Crippen molar-refractivity contribution in [1.82, 2.24) is 29.8 Å². The zero-order chi connectivity index (χ0) is 20.7. The van der Waals surface area contributed by atoms with Gasteiger partial charge in [0.15, 0.2) is 6.61 Å². The van der Waals surface area contributed by atoms with Gasteiger partial charge in [0.1, 0.15) is 23.0 Å². The van der Waals surface area contributed by atoms with Crippen molar-refractivity contribution in [2.75, 3.05) is 13.7 Å². The van der Waals surface area contributed by atoms with Crippen molar-refractivity contribution >= 4 is 22.1 Å². The molecule has 0 spiro atoms. The number of nitrogens with one attached hydrogen (secondary N) is 1. The first-order valence-electron chi connectivity index (χ1n) is 9.35. The number of methoxy groups -OCH3 is 1. The van der Waals surface area contributed by atoms with E-state index in [1.165, 1.54) is 12.0 Å². The van der Waals surface area contributed by atoms with Gasteiger partial charge in [-0.3, -0.25) is 9.50 Å². The summed E-state index contributed by atoms with van der Waals surface area (Å²) in [5, 5.41) is 22.2. The van der Waals surface area contributed by atoms with Crippen molar-refractivity contribution in [2.24, 2.45) is 0 Å². The fraction of sp³-hybridized carbons (Fsp3) is 0.316. The van der Waals surface area contributed by atoms with Gasteiger partial charge in [-0.05, 0) is 24.8 Å². The molecule has 0 aromatic carbocycles. The second-order valence-electron chi connectivity index (χ2n) is 6.95. The Morgan fingerprint density at radius 2 is 2.27 bits per heavy atom. The quantitative estimate of drug-likeness (QED) is 0.430. The molecule has 1 unspecified atom stereocenters. The minimum atomic E-state index is -0.965. The monoisotopic (exact) mass is 426 g/mol. The normalized spacial score (nSPS) is 14.7. The topological polar surface area (TPSA) is 128 Å². The lowest BCUT2D eigenvalue weighted by atomic mass is 10.1. The first-order chi connectivity index (χ1) is 14.7. The Labute approximate surface area is 174 Å². The Balaban J connectivity index is 1.45. The molecule has 30 heavy (non-hydrogen) atoms. The molecule has 0 saturated heterocycles. The molecule has 154 valence electrons. The lowest BCUT2D eigenvalue weighted by Crippen LogP contribution is -2.13. The van der Waals surface area contributed by atoms with Crippen molar-refractivity contribution in [2.45, 2.75) is 24.9 Å². The van der Waals surface area contributed by atoms with Crippen LogP contribution in [-0.4, -0.2) is 54.6 Å². The summed E-state index contributed by atoms with van der Waals surface area (Å²) >= 11 is 1.66. The number of carbonyl (C=O) groups excluding carboxylic acids is 1. The Bertz CT molecular complexity index is 1190. The number of H-pyrrole nitrogens is 1. The summed E-state index contributed by atoms with van der Waals surface area (Å²) in [4.78, 5) is 21.7. The number of ether oxygens (including phenoxy) is 2. The maximum absolute atomic E-state index is 11.3. The van der Waals surface area contributed by atoms with Crippen LogP contribution in [-0.2, 0) is 9.53 Å². The van der Waals surface area contributed by atoms with E-state index in [4.69, 9.17) is 4.74 Å². The highest BCUT2D eigenvalue weighted by Crippen LogP contribution is 2.48. The number of hydrogen-bond acceptors (Lipinski definition) is 9. The molecule has 1 aliphatic rings. The van der Waals surface area contributed by atoms with Crippen LogP contribution in [0.25, 0.3) is 16.1 Å². The predicted octanol–water partition coefficient (Wildman–Crippen LogP) is 2.09. The van der Waals surface area contributed by atoms with Crippen molar-refractivity contribution in [3.63, 3.8) is 0 Å². The molecular formula is C19H18N6O4S. The summed E-state index contributed by atoms with van der Waals surface area (Å²) in [6, 6.07) is 3.39. The van der Waals surface area contributed by atoms with E-state index in [0.717, 1.165) is 23.4 Å². The lowest BCUT2D eigenvalue weighted by Gasteiger charge is -2.12. The van der Waals surface area contributed by atoms with E-state index in [0.29, 0.717) is 22.9 Å². The van der Waals surface area contributed by atoms with E-state index in [9.17, 15) is 9.90 Å². The molecule has 0 amide bonds. The number of nitrogens with zero attached hydrogens (tertiary/aromatic N) is 5. The average Bonchev–Trinajstić information content (AvgIpc) is 3.16. The molecule has 0 radical (unpaired) electrons. The molecule has 4 aromatic rings. The van der Waals surface area contributed by atoms with Gasteiger partial charge < -0.3 is 14.6 Å². The zero-order valence-electron chi connectivity index (χ0n) is 16.0. The molecule has 4 heterocycles. The number of aromatic nitrogens is 6. The highest BCUT2D eigenvalue weighted by molar-refractivity contribution is 7.17. The van der Waals surface area contributed by atoms with Crippen LogP contribution in [0.5, 0.6) is 5.88 Å². The van der Waals surface area contributed by atoms with Gasteiger partial charge in [0.2, 0.25) is 5.88 Å². The van der Waals surface area contributed by atoms with Gasteiger partial charge >= 0.3 is 5.97 Å². The van der Waals surface area contributed by atoms with Crippen molar-refractivity contribution in [3.8, 4) is 17.1 Å². The summed E-state index contributed by atoms with van der Waals surface area (Å²) in [6.07, 6.45) is 6.37. The molecule has 4 aromatic heterocycles. The van der Waals surface area contributed by atoms with Crippen molar-refractivity contribution in [1.29, 1.82) is 0 Å². The predicted molar refractivity (Wildman–Crippen MR) is 106 cm³/mol. The highest BCUT2D eigenvalue weighted by Gasteiger charge is 2.34. The fourth-order valence-corrected chi connectivity index (χ4v) is 4.60. The van der Waals surface area contributed by atoms with E-state index in [1.807, 2.05) is 4.40 Å². The average molecular weight is 426 g/mol. The van der Waals surface area contributed by atoms with Crippen LogP contribution in [0.3, 0.4) is 0 Å². The van der Waals surface area contributed by atoms with E-state index < -0.39 is 12.1 Å². The van der Waals surface area contributed by atoms with Gasteiger partial charge in [0.05, 0.1) is 24.7 Å². The summed E-state index contributed by atoms with van der Waals surface area (Å²) in [6.45, 7) is -0.221. The summed E-state index contributed by atoms with van der Waals surface area (Å²) in [5.74, 6) is 0.271. The van der Waals surface area contributed by atoms with Gasteiger partial charge in [-0.25, -0.2) is 14.8 Å². The molecule has 1 saturated carbocycles. The van der Waals surface area contributed by atoms with E-state index in [1.54, 1.807) is 42.2 Å². The number of carbonyl (C=O) groups is 1. The Morgan fingerprint density at radius 1 is 1.40 bits per heavy atom. The number of aliphatic hydroxyl groups excluding tert-OH is 1. The second kappa shape index (κ2) is 7.50. The molecule has 5 rings (SSSR count). The van der Waals surface area contributed by atoms with E-state index in [-0.39, 0.29) is 12.5 Å². The third-order valence-corrected chi connectivity index (χ3v) is 6.24. The lowest BCUT2D eigenvalue weighted by molar-refractivity contribution is -0.143. The molecule has 10 nitrogen and oxygen atoms in total.